The molecule has 0 aliphatic heterocycles. The molecular weight excluding hydrogens is 228 g/mol. The highest BCUT2D eigenvalue weighted by molar-refractivity contribution is 5.75. The quantitative estimate of drug-likeness (QED) is 0.772. The Morgan fingerprint density at radius 1 is 1.33 bits per heavy atom. The van der Waals surface area contributed by atoms with Gasteiger partial charge in [0.2, 0.25) is 5.91 Å². The van der Waals surface area contributed by atoms with Gasteiger partial charge in [0.1, 0.15) is 0 Å². The van der Waals surface area contributed by atoms with Crippen molar-refractivity contribution in [1.82, 2.24) is 5.32 Å². The molecule has 4 heteroatoms. The average molecular weight is 250 g/mol. The van der Waals surface area contributed by atoms with Crippen LogP contribution in [0.5, 0.6) is 0 Å². The van der Waals surface area contributed by atoms with E-state index in [9.17, 15) is 4.79 Å². The molecule has 1 rings (SSSR count). The molecule has 0 heterocycles. The normalized spacial score (nSPS) is 12.2. The van der Waals surface area contributed by atoms with Gasteiger partial charge in [-0.2, -0.15) is 0 Å². The fraction of sp³-hybridized carbons (Fsp3) is 0.500. The first kappa shape index (κ1) is 14.7. The Kier molecular flexibility index (Phi) is 6.39. The number of nitrogens with one attached hydrogen (secondary N) is 1. The van der Waals surface area contributed by atoms with Crippen molar-refractivity contribution in [3.63, 3.8) is 0 Å². The van der Waals surface area contributed by atoms with Gasteiger partial charge in [0.05, 0.1) is 6.10 Å². The maximum Gasteiger partial charge on any atom is 0.220 e. The number of amides is 1. The van der Waals surface area contributed by atoms with Crippen molar-refractivity contribution < 1.29 is 9.53 Å². The molecule has 4 nitrogen and oxygen atoms in total. The van der Waals surface area contributed by atoms with E-state index in [1.54, 1.807) is 7.11 Å². The van der Waals surface area contributed by atoms with Crippen LogP contribution in [0.2, 0.25) is 0 Å². The number of rotatable bonds is 7. The Labute approximate surface area is 109 Å². The van der Waals surface area contributed by atoms with Gasteiger partial charge >= 0.3 is 0 Å². The van der Waals surface area contributed by atoms with Crippen molar-refractivity contribution >= 4 is 5.91 Å². The molecule has 0 radical (unpaired) electrons. The van der Waals surface area contributed by atoms with Crippen molar-refractivity contribution in [2.24, 2.45) is 5.73 Å². The molecule has 3 N–H and O–H groups in total. The third-order valence-corrected chi connectivity index (χ3v) is 2.93. The van der Waals surface area contributed by atoms with Gasteiger partial charge in [-0.3, -0.25) is 4.79 Å². The van der Waals surface area contributed by atoms with Crippen molar-refractivity contribution in [1.29, 1.82) is 0 Å². The van der Waals surface area contributed by atoms with Crippen LogP contribution in [0.3, 0.4) is 0 Å². The van der Waals surface area contributed by atoms with Crippen LogP contribution in [-0.4, -0.2) is 19.1 Å². The van der Waals surface area contributed by atoms with Crippen LogP contribution in [0.1, 0.15) is 30.9 Å². The van der Waals surface area contributed by atoms with E-state index < -0.39 is 0 Å². The number of carbonyl (C=O) groups is 1. The zero-order valence-corrected chi connectivity index (χ0v) is 11.1. The number of hydrogen-bond acceptors (Lipinski definition) is 3. The predicted octanol–water partition coefficient (Wildman–Crippen LogP) is 1.58. The first-order valence-corrected chi connectivity index (χ1v) is 6.23. The maximum atomic E-state index is 11.6. The Bertz CT molecular complexity index is 363. The van der Waals surface area contributed by atoms with E-state index in [4.69, 9.17) is 10.5 Å². The van der Waals surface area contributed by atoms with Crippen LogP contribution in [0.15, 0.2) is 24.3 Å². The van der Waals surface area contributed by atoms with Crippen LogP contribution < -0.4 is 11.1 Å². The Morgan fingerprint density at radius 3 is 2.50 bits per heavy atom. The van der Waals surface area contributed by atoms with Gasteiger partial charge in [-0.05, 0) is 24.5 Å². The van der Waals surface area contributed by atoms with Crippen molar-refractivity contribution in [2.45, 2.75) is 39.0 Å². The fourth-order valence-electron chi connectivity index (χ4n) is 1.53. The van der Waals surface area contributed by atoms with Crippen LogP contribution in [0, 0.1) is 0 Å². The molecule has 1 unspecified atom stereocenters. The molecule has 0 spiro atoms. The van der Waals surface area contributed by atoms with Crippen LogP contribution >= 0.6 is 0 Å². The molecule has 18 heavy (non-hydrogen) atoms. The lowest BCUT2D eigenvalue weighted by Gasteiger charge is -2.09. The minimum atomic E-state index is 0.0572. The number of methoxy groups -OCH3 is 1. The molecule has 1 aromatic rings. The number of benzene rings is 1. The number of nitrogens with two attached hydrogens (primary N) is 1. The van der Waals surface area contributed by atoms with E-state index in [2.05, 4.69) is 5.32 Å². The second kappa shape index (κ2) is 7.84. The summed E-state index contributed by atoms with van der Waals surface area (Å²) in [4.78, 5) is 11.6. The summed E-state index contributed by atoms with van der Waals surface area (Å²) < 4.78 is 5.10. The van der Waals surface area contributed by atoms with Gasteiger partial charge in [-0.25, -0.2) is 0 Å². The minimum Gasteiger partial charge on any atom is -0.382 e. The van der Waals surface area contributed by atoms with E-state index in [-0.39, 0.29) is 12.0 Å². The Morgan fingerprint density at radius 2 is 1.94 bits per heavy atom. The summed E-state index contributed by atoms with van der Waals surface area (Å²) in [6.45, 7) is 3.06. The molecule has 0 aliphatic carbocycles. The summed E-state index contributed by atoms with van der Waals surface area (Å²) >= 11 is 0. The molecule has 0 aromatic heterocycles. The molecule has 1 aromatic carbocycles. The molecule has 0 aliphatic rings. The predicted molar refractivity (Wildman–Crippen MR) is 71.9 cm³/mol. The molecule has 100 valence electrons. The van der Waals surface area contributed by atoms with Gasteiger partial charge in [0.15, 0.2) is 0 Å². The number of ether oxygens (including phenoxy) is 1. The lowest BCUT2D eigenvalue weighted by Crippen LogP contribution is -2.23. The van der Waals surface area contributed by atoms with E-state index in [1.165, 1.54) is 0 Å². The summed E-state index contributed by atoms with van der Waals surface area (Å²) in [6, 6.07) is 7.93. The zero-order chi connectivity index (χ0) is 13.4. The van der Waals surface area contributed by atoms with Gasteiger partial charge in [0.25, 0.3) is 0 Å². The highest BCUT2D eigenvalue weighted by atomic mass is 16.5. The van der Waals surface area contributed by atoms with E-state index >= 15 is 0 Å². The zero-order valence-electron chi connectivity index (χ0n) is 11.1. The van der Waals surface area contributed by atoms with Crippen LogP contribution in [0.4, 0.5) is 0 Å². The van der Waals surface area contributed by atoms with Crippen molar-refractivity contribution in [2.75, 3.05) is 7.11 Å². The van der Waals surface area contributed by atoms with Crippen LogP contribution in [0.25, 0.3) is 0 Å². The Hall–Kier alpha value is -1.39. The molecule has 1 amide bonds. The topological polar surface area (TPSA) is 64.3 Å². The second-order valence-corrected chi connectivity index (χ2v) is 4.38. The first-order valence-electron chi connectivity index (χ1n) is 6.23. The van der Waals surface area contributed by atoms with E-state index in [1.807, 2.05) is 31.2 Å². The third kappa shape index (κ3) is 5.29. The van der Waals surface area contributed by atoms with Gasteiger partial charge in [-0.1, -0.05) is 24.3 Å². The molecule has 0 bridgehead atoms. The number of carbonyl (C=O) groups excluding carboxylic acids is 1. The molecule has 0 fully saturated rings. The number of hydrogen-bond donors (Lipinski definition) is 2. The first-order chi connectivity index (χ1) is 8.65. The Balaban J connectivity index is 2.29. The minimum absolute atomic E-state index is 0.0572. The van der Waals surface area contributed by atoms with Gasteiger partial charge in [-0.15, -0.1) is 0 Å². The second-order valence-electron chi connectivity index (χ2n) is 4.38. The molecule has 0 saturated heterocycles. The summed E-state index contributed by atoms with van der Waals surface area (Å²) in [7, 11) is 1.65. The summed E-state index contributed by atoms with van der Waals surface area (Å²) in [6.07, 6.45) is 1.37. The van der Waals surface area contributed by atoms with Crippen molar-refractivity contribution in [3.05, 3.63) is 35.4 Å². The van der Waals surface area contributed by atoms with Crippen molar-refractivity contribution in [3.8, 4) is 0 Å². The van der Waals surface area contributed by atoms with Crippen LogP contribution in [-0.2, 0) is 22.6 Å². The van der Waals surface area contributed by atoms with Gasteiger partial charge in [0, 0.05) is 26.6 Å². The lowest BCUT2D eigenvalue weighted by molar-refractivity contribution is -0.121. The average Bonchev–Trinajstić information content (AvgIpc) is 2.42. The standard InChI is InChI=1S/C14H22N2O2/c1-11(18-2)3-8-14(17)16-10-13-6-4-12(9-15)5-7-13/h4-7,11H,3,8-10,15H2,1-2H3,(H,16,17). The summed E-state index contributed by atoms with van der Waals surface area (Å²) in [5, 5.41) is 2.89. The summed E-state index contributed by atoms with van der Waals surface area (Å²) in [5.41, 5.74) is 7.70. The maximum absolute atomic E-state index is 11.6. The molecule has 0 saturated carbocycles. The monoisotopic (exact) mass is 250 g/mol. The molecule has 1 atom stereocenters. The highest BCUT2D eigenvalue weighted by Crippen LogP contribution is 2.04. The third-order valence-electron chi connectivity index (χ3n) is 2.93. The molecular formula is C14H22N2O2. The van der Waals surface area contributed by atoms with E-state index in [0.29, 0.717) is 19.5 Å². The van der Waals surface area contributed by atoms with Gasteiger partial charge < -0.3 is 15.8 Å². The SMILES string of the molecule is COC(C)CCC(=O)NCc1ccc(CN)cc1. The lowest BCUT2D eigenvalue weighted by atomic mass is 10.1. The smallest absolute Gasteiger partial charge is 0.220 e. The largest absolute Gasteiger partial charge is 0.382 e. The summed E-state index contributed by atoms with van der Waals surface area (Å²) in [5.74, 6) is 0.0572. The van der Waals surface area contributed by atoms with E-state index in [0.717, 1.165) is 17.5 Å². The highest BCUT2D eigenvalue weighted by Gasteiger charge is 2.05. The fourth-order valence-corrected chi connectivity index (χ4v) is 1.53.